The lowest BCUT2D eigenvalue weighted by atomic mass is 10.2. The van der Waals surface area contributed by atoms with Gasteiger partial charge in [0, 0.05) is 26.2 Å². The summed E-state index contributed by atoms with van der Waals surface area (Å²) in [6.07, 6.45) is 0. The van der Waals surface area contributed by atoms with Crippen molar-refractivity contribution >= 4 is 38.9 Å². The maximum absolute atomic E-state index is 13.6. The van der Waals surface area contributed by atoms with Gasteiger partial charge in [0.2, 0.25) is 5.91 Å². The molecule has 0 saturated carbocycles. The Morgan fingerprint density at radius 2 is 1.88 bits per heavy atom. The van der Waals surface area contributed by atoms with E-state index >= 15 is 0 Å². The number of sulfonamides is 1. The third-order valence-corrected chi connectivity index (χ3v) is 6.86. The molecule has 0 radical (unpaired) electrons. The van der Waals surface area contributed by atoms with Crippen LogP contribution in [0, 0.1) is 5.82 Å². The van der Waals surface area contributed by atoms with E-state index in [0.717, 1.165) is 15.6 Å². The SMILES string of the molecule is CN(Cc1ccccc1F)C(=O)CN(C)S(=O)(=O)c1ccc(Cl)s1. The van der Waals surface area contributed by atoms with Crippen molar-refractivity contribution in [2.24, 2.45) is 0 Å². The summed E-state index contributed by atoms with van der Waals surface area (Å²) in [7, 11) is -0.967. The number of likely N-dealkylation sites (N-methyl/N-ethyl adjacent to an activating group) is 2. The number of hydrogen-bond acceptors (Lipinski definition) is 4. The molecule has 24 heavy (non-hydrogen) atoms. The van der Waals surface area contributed by atoms with Gasteiger partial charge in [-0.25, -0.2) is 12.8 Å². The van der Waals surface area contributed by atoms with Crippen molar-refractivity contribution in [3.05, 3.63) is 52.1 Å². The van der Waals surface area contributed by atoms with E-state index in [4.69, 9.17) is 11.6 Å². The van der Waals surface area contributed by atoms with Crippen LogP contribution >= 0.6 is 22.9 Å². The molecular formula is C15H16ClFN2O3S2. The Morgan fingerprint density at radius 1 is 1.21 bits per heavy atom. The van der Waals surface area contributed by atoms with Gasteiger partial charge in [-0.2, -0.15) is 4.31 Å². The van der Waals surface area contributed by atoms with Gasteiger partial charge in [0.05, 0.1) is 10.9 Å². The summed E-state index contributed by atoms with van der Waals surface area (Å²) in [6.45, 7) is -0.285. The van der Waals surface area contributed by atoms with Gasteiger partial charge < -0.3 is 4.90 Å². The lowest BCUT2D eigenvalue weighted by Crippen LogP contribution is -2.39. The van der Waals surface area contributed by atoms with Gasteiger partial charge in [-0.05, 0) is 18.2 Å². The zero-order valence-corrected chi connectivity index (χ0v) is 15.5. The number of nitrogens with zero attached hydrogens (tertiary/aromatic N) is 2. The molecular weight excluding hydrogens is 375 g/mol. The first-order valence-corrected chi connectivity index (χ1v) is 9.54. The van der Waals surface area contributed by atoms with Gasteiger partial charge in [-0.1, -0.05) is 29.8 Å². The molecule has 0 N–H and O–H groups in total. The van der Waals surface area contributed by atoms with E-state index < -0.39 is 21.7 Å². The highest BCUT2D eigenvalue weighted by molar-refractivity contribution is 7.91. The standard InChI is InChI=1S/C15H16ClFN2O3S2/c1-18(9-11-5-3-4-6-12(11)17)14(20)10-19(2)24(21,22)15-8-7-13(16)23-15/h3-8H,9-10H2,1-2H3. The molecule has 0 atom stereocenters. The van der Waals surface area contributed by atoms with Crippen LogP contribution in [0.15, 0.2) is 40.6 Å². The molecule has 1 aromatic heterocycles. The quantitative estimate of drug-likeness (QED) is 0.762. The first-order valence-electron chi connectivity index (χ1n) is 6.91. The molecule has 1 aromatic carbocycles. The Morgan fingerprint density at radius 3 is 2.46 bits per heavy atom. The van der Waals surface area contributed by atoms with Crippen molar-refractivity contribution in [1.29, 1.82) is 0 Å². The van der Waals surface area contributed by atoms with Crippen LogP contribution in [0.25, 0.3) is 0 Å². The van der Waals surface area contributed by atoms with Gasteiger partial charge in [0.15, 0.2) is 0 Å². The minimum atomic E-state index is -3.78. The van der Waals surface area contributed by atoms with Crippen molar-refractivity contribution in [3.63, 3.8) is 0 Å². The van der Waals surface area contributed by atoms with E-state index in [1.54, 1.807) is 18.2 Å². The molecule has 0 aliphatic carbocycles. The minimum Gasteiger partial charge on any atom is -0.340 e. The second-order valence-electron chi connectivity index (χ2n) is 5.16. The topological polar surface area (TPSA) is 57.7 Å². The lowest BCUT2D eigenvalue weighted by molar-refractivity contribution is -0.130. The molecule has 0 unspecified atom stereocenters. The summed E-state index contributed by atoms with van der Waals surface area (Å²) in [5.74, 6) is -0.849. The number of carbonyl (C=O) groups is 1. The zero-order chi connectivity index (χ0) is 17.9. The number of halogens is 2. The van der Waals surface area contributed by atoms with Crippen molar-refractivity contribution in [3.8, 4) is 0 Å². The summed E-state index contributed by atoms with van der Waals surface area (Å²) < 4.78 is 39.7. The second-order valence-corrected chi connectivity index (χ2v) is 9.15. The van der Waals surface area contributed by atoms with E-state index in [2.05, 4.69) is 0 Å². The smallest absolute Gasteiger partial charge is 0.252 e. The van der Waals surface area contributed by atoms with Gasteiger partial charge in [-0.3, -0.25) is 4.79 Å². The van der Waals surface area contributed by atoms with Crippen LogP contribution in [-0.2, 0) is 21.4 Å². The van der Waals surface area contributed by atoms with Gasteiger partial charge in [0.25, 0.3) is 10.0 Å². The van der Waals surface area contributed by atoms with E-state index in [-0.39, 0.29) is 17.3 Å². The van der Waals surface area contributed by atoms with E-state index in [1.165, 1.54) is 37.2 Å². The molecule has 0 spiro atoms. The normalized spacial score (nSPS) is 11.7. The molecule has 9 heteroatoms. The van der Waals surface area contributed by atoms with Gasteiger partial charge in [-0.15, -0.1) is 11.3 Å². The number of hydrogen-bond donors (Lipinski definition) is 0. The summed E-state index contributed by atoms with van der Waals surface area (Å²) in [4.78, 5) is 13.5. The Kier molecular flexibility index (Phi) is 5.97. The van der Waals surface area contributed by atoms with E-state index in [1.807, 2.05) is 0 Å². The largest absolute Gasteiger partial charge is 0.340 e. The van der Waals surface area contributed by atoms with E-state index in [0.29, 0.717) is 9.90 Å². The van der Waals surface area contributed by atoms with Crippen LogP contribution in [0.3, 0.4) is 0 Å². The molecule has 1 amide bonds. The highest BCUT2D eigenvalue weighted by Gasteiger charge is 2.26. The monoisotopic (exact) mass is 390 g/mol. The minimum absolute atomic E-state index is 0.0597. The Hall–Kier alpha value is -1.48. The molecule has 0 saturated heterocycles. The van der Waals surface area contributed by atoms with Crippen molar-refractivity contribution < 1.29 is 17.6 Å². The molecule has 0 aliphatic rings. The highest BCUT2D eigenvalue weighted by Crippen LogP contribution is 2.27. The molecule has 0 bridgehead atoms. The van der Waals surface area contributed by atoms with E-state index in [9.17, 15) is 17.6 Å². The lowest BCUT2D eigenvalue weighted by Gasteiger charge is -2.21. The fraction of sp³-hybridized carbons (Fsp3) is 0.267. The first-order chi connectivity index (χ1) is 11.2. The number of thiophene rings is 1. The first kappa shape index (κ1) is 18.9. The predicted octanol–water partition coefficient (Wildman–Crippen LogP) is 2.82. The summed E-state index contributed by atoms with van der Waals surface area (Å²) in [6, 6.07) is 9.00. The van der Waals surface area contributed by atoms with Crippen LogP contribution in [-0.4, -0.2) is 44.2 Å². The van der Waals surface area contributed by atoms with Gasteiger partial charge in [0.1, 0.15) is 10.0 Å². The Balaban J connectivity index is 2.04. The molecule has 5 nitrogen and oxygen atoms in total. The molecule has 130 valence electrons. The Labute approximate surface area is 149 Å². The maximum Gasteiger partial charge on any atom is 0.252 e. The fourth-order valence-electron chi connectivity index (χ4n) is 1.96. The average Bonchev–Trinajstić information content (AvgIpc) is 2.96. The summed E-state index contributed by atoms with van der Waals surface area (Å²) >= 11 is 6.68. The molecule has 0 aliphatic heterocycles. The predicted molar refractivity (Wildman–Crippen MR) is 92.0 cm³/mol. The third kappa shape index (κ3) is 4.32. The maximum atomic E-state index is 13.6. The van der Waals surface area contributed by atoms with Crippen LogP contribution in [0.5, 0.6) is 0 Å². The van der Waals surface area contributed by atoms with Crippen LogP contribution in [0.1, 0.15) is 5.56 Å². The van der Waals surface area contributed by atoms with Crippen LogP contribution < -0.4 is 0 Å². The molecule has 1 heterocycles. The number of benzene rings is 1. The van der Waals surface area contributed by atoms with Crippen molar-refractivity contribution in [2.75, 3.05) is 20.6 Å². The molecule has 0 fully saturated rings. The van der Waals surface area contributed by atoms with Gasteiger partial charge >= 0.3 is 0 Å². The fourth-order valence-corrected chi connectivity index (χ4v) is 4.77. The third-order valence-electron chi connectivity index (χ3n) is 3.36. The van der Waals surface area contributed by atoms with Crippen LogP contribution in [0.4, 0.5) is 4.39 Å². The molecule has 2 rings (SSSR count). The zero-order valence-electron chi connectivity index (χ0n) is 13.1. The van der Waals surface area contributed by atoms with Crippen molar-refractivity contribution in [2.45, 2.75) is 10.8 Å². The molecule has 2 aromatic rings. The Bertz CT molecular complexity index is 839. The summed E-state index contributed by atoms with van der Waals surface area (Å²) in [5, 5.41) is 0. The second kappa shape index (κ2) is 7.60. The average molecular weight is 391 g/mol. The van der Waals surface area contributed by atoms with Crippen molar-refractivity contribution in [1.82, 2.24) is 9.21 Å². The van der Waals surface area contributed by atoms with Crippen LogP contribution in [0.2, 0.25) is 4.34 Å². The summed E-state index contributed by atoms with van der Waals surface area (Å²) in [5.41, 5.74) is 0.365. The number of carbonyl (C=O) groups excluding carboxylic acids is 1. The number of rotatable bonds is 6. The highest BCUT2D eigenvalue weighted by atomic mass is 35.5. The number of amides is 1.